The Bertz CT molecular complexity index is 1220. The standard InChI is InChI=1S/C24H25ClF2N2O3.C6H16OSi/c1-14(2)32-18-9-8-16(26)21(27)20(18)22-24(11-10-19(30)28-22)15-6-3-4-7-17(15)29(23(24)31)13-5-12-25;1-6(7-2)8(3,4)5/h3-4,6-9,14,22H,5,10-13H2,1-2H3,(H,28,30);6H,1-5H3. The first-order chi connectivity index (χ1) is 18.8. The lowest BCUT2D eigenvalue weighted by molar-refractivity contribution is -0.131. The number of para-hydroxylation sites is 1. The molecule has 0 aliphatic carbocycles. The van der Waals surface area contributed by atoms with Crippen molar-refractivity contribution in [1.29, 1.82) is 0 Å². The summed E-state index contributed by atoms with van der Waals surface area (Å²) in [6.45, 7) is 13.0. The van der Waals surface area contributed by atoms with Crippen LogP contribution in [-0.2, 0) is 19.7 Å². The molecule has 0 aromatic heterocycles. The molecule has 1 saturated heterocycles. The summed E-state index contributed by atoms with van der Waals surface area (Å²) < 4.78 is 40.7. The number of rotatable bonds is 8. The SMILES string of the molecule is CC(C)Oc1ccc(F)c(F)c1C1NC(=O)CCC12C(=O)N(CCCCl)c1ccccc12.COC(C)[Si](C)(C)C. The summed E-state index contributed by atoms with van der Waals surface area (Å²) >= 11 is 5.88. The second-order valence-electron chi connectivity index (χ2n) is 11.7. The lowest BCUT2D eigenvalue weighted by Crippen LogP contribution is -2.54. The van der Waals surface area contributed by atoms with Crippen molar-refractivity contribution in [3.8, 4) is 5.75 Å². The Balaban J connectivity index is 0.000000482. The van der Waals surface area contributed by atoms with Crippen LogP contribution in [0, 0.1) is 11.6 Å². The van der Waals surface area contributed by atoms with Crippen molar-refractivity contribution in [2.45, 2.75) is 83.0 Å². The molecule has 1 N–H and O–H groups in total. The number of halogens is 3. The highest BCUT2D eigenvalue weighted by atomic mass is 35.5. The molecule has 220 valence electrons. The van der Waals surface area contributed by atoms with E-state index in [9.17, 15) is 14.0 Å². The largest absolute Gasteiger partial charge is 0.491 e. The van der Waals surface area contributed by atoms with E-state index >= 15 is 4.39 Å². The Kier molecular flexibility index (Phi) is 10.4. The molecule has 3 unspecified atom stereocenters. The van der Waals surface area contributed by atoms with E-state index in [0.29, 0.717) is 35.8 Å². The lowest BCUT2D eigenvalue weighted by atomic mass is 9.67. The number of piperidine rings is 1. The minimum absolute atomic E-state index is 0.0945. The van der Waals surface area contributed by atoms with Gasteiger partial charge in [0.2, 0.25) is 11.8 Å². The first-order valence-corrected chi connectivity index (χ1v) is 17.8. The van der Waals surface area contributed by atoms with Gasteiger partial charge >= 0.3 is 0 Å². The molecule has 1 spiro atoms. The summed E-state index contributed by atoms with van der Waals surface area (Å²) in [5, 5.41) is 2.80. The van der Waals surface area contributed by atoms with Crippen LogP contribution in [0.15, 0.2) is 36.4 Å². The van der Waals surface area contributed by atoms with Gasteiger partial charge in [0.1, 0.15) is 11.2 Å². The van der Waals surface area contributed by atoms with Gasteiger partial charge < -0.3 is 19.7 Å². The number of methoxy groups -OCH3 is 1. The fourth-order valence-electron chi connectivity index (χ4n) is 5.17. The maximum Gasteiger partial charge on any atom is 0.240 e. The zero-order chi connectivity index (χ0) is 29.8. The number of benzene rings is 2. The number of alkyl halides is 1. The van der Waals surface area contributed by atoms with Crippen LogP contribution in [0.5, 0.6) is 5.75 Å². The third-order valence-electron chi connectivity index (χ3n) is 7.68. The molecule has 0 radical (unpaired) electrons. The number of fused-ring (bicyclic) bond motifs is 2. The number of amides is 2. The number of carbonyl (C=O) groups is 2. The van der Waals surface area contributed by atoms with Crippen molar-refractivity contribution in [1.82, 2.24) is 5.32 Å². The Morgan fingerprint density at radius 1 is 1.12 bits per heavy atom. The van der Waals surface area contributed by atoms with E-state index in [1.54, 1.807) is 31.9 Å². The molecule has 10 heteroatoms. The zero-order valence-electron chi connectivity index (χ0n) is 24.4. The molecule has 6 nitrogen and oxygen atoms in total. The molecule has 0 bridgehead atoms. The normalized spacial score (nSPS) is 21.2. The zero-order valence-corrected chi connectivity index (χ0v) is 26.2. The molecule has 2 aliphatic rings. The van der Waals surface area contributed by atoms with Crippen LogP contribution in [0.2, 0.25) is 19.6 Å². The van der Waals surface area contributed by atoms with Gasteiger partial charge in [-0.25, -0.2) is 8.78 Å². The summed E-state index contributed by atoms with van der Waals surface area (Å²) in [6, 6.07) is 8.49. The quantitative estimate of drug-likeness (QED) is 0.279. The molecule has 2 heterocycles. The minimum atomic E-state index is -1.28. The number of hydrogen-bond acceptors (Lipinski definition) is 4. The van der Waals surface area contributed by atoms with E-state index in [1.165, 1.54) is 6.07 Å². The summed E-state index contributed by atoms with van der Waals surface area (Å²) in [6.07, 6.45) is 0.524. The van der Waals surface area contributed by atoms with Gasteiger partial charge in [0.05, 0.1) is 25.8 Å². The molecule has 0 saturated carbocycles. The fourth-order valence-corrected chi connectivity index (χ4v) is 6.00. The van der Waals surface area contributed by atoms with Gasteiger partial charge in [-0.3, -0.25) is 9.59 Å². The van der Waals surface area contributed by atoms with Gasteiger partial charge in [-0.1, -0.05) is 37.8 Å². The van der Waals surface area contributed by atoms with Crippen molar-refractivity contribution in [2.75, 3.05) is 24.4 Å². The Morgan fingerprint density at radius 3 is 2.38 bits per heavy atom. The van der Waals surface area contributed by atoms with E-state index in [-0.39, 0.29) is 42.1 Å². The van der Waals surface area contributed by atoms with Crippen molar-refractivity contribution < 1.29 is 27.8 Å². The summed E-state index contributed by atoms with van der Waals surface area (Å²) in [7, 11) is 0.798. The molecule has 2 amide bonds. The molecule has 3 atom stereocenters. The topological polar surface area (TPSA) is 67.9 Å². The molecule has 2 aromatic rings. The van der Waals surface area contributed by atoms with E-state index < -0.39 is 31.2 Å². The molecule has 4 rings (SSSR count). The predicted molar refractivity (Wildman–Crippen MR) is 158 cm³/mol. The molecule has 40 heavy (non-hydrogen) atoms. The maximum absolute atomic E-state index is 15.3. The molecule has 2 aliphatic heterocycles. The van der Waals surface area contributed by atoms with Gasteiger partial charge in [-0.2, -0.15) is 0 Å². The maximum atomic E-state index is 15.3. The summed E-state index contributed by atoms with van der Waals surface area (Å²) in [5.74, 6) is -2.29. The van der Waals surface area contributed by atoms with Crippen molar-refractivity contribution in [3.63, 3.8) is 0 Å². The van der Waals surface area contributed by atoms with Crippen LogP contribution in [0.4, 0.5) is 14.5 Å². The summed E-state index contributed by atoms with van der Waals surface area (Å²) in [4.78, 5) is 28.1. The predicted octanol–water partition coefficient (Wildman–Crippen LogP) is 6.52. The highest BCUT2D eigenvalue weighted by molar-refractivity contribution is 6.77. The number of carbonyl (C=O) groups excluding carboxylic acids is 2. The average Bonchev–Trinajstić information content (AvgIpc) is 3.13. The number of ether oxygens (including phenoxy) is 2. The Labute approximate surface area is 242 Å². The van der Waals surface area contributed by atoms with E-state index in [4.69, 9.17) is 21.1 Å². The average molecular weight is 595 g/mol. The number of anilines is 1. The molecular formula is C30H41ClF2N2O4Si. The van der Waals surface area contributed by atoms with Gasteiger partial charge in [0.25, 0.3) is 0 Å². The molecular weight excluding hydrogens is 554 g/mol. The first kappa shape index (κ1) is 32.0. The third-order valence-corrected chi connectivity index (χ3v) is 10.6. The lowest BCUT2D eigenvalue weighted by Gasteiger charge is -2.41. The van der Waals surface area contributed by atoms with Crippen LogP contribution in [-0.4, -0.2) is 51.3 Å². The van der Waals surface area contributed by atoms with Gasteiger partial charge in [-0.15, -0.1) is 11.6 Å². The van der Waals surface area contributed by atoms with Crippen molar-refractivity contribution in [2.24, 2.45) is 0 Å². The van der Waals surface area contributed by atoms with E-state index in [1.807, 2.05) is 18.2 Å². The highest BCUT2D eigenvalue weighted by Gasteiger charge is 2.59. The Morgan fingerprint density at radius 2 is 1.80 bits per heavy atom. The van der Waals surface area contributed by atoms with Crippen LogP contribution in [0.1, 0.15) is 57.2 Å². The number of hydrogen-bond donors (Lipinski definition) is 1. The smallest absolute Gasteiger partial charge is 0.240 e. The fraction of sp³-hybridized carbons (Fsp3) is 0.533. The van der Waals surface area contributed by atoms with Crippen molar-refractivity contribution in [3.05, 3.63) is 59.2 Å². The monoisotopic (exact) mass is 594 g/mol. The minimum Gasteiger partial charge on any atom is -0.491 e. The number of nitrogens with zero attached hydrogens (tertiary/aromatic N) is 1. The molecule has 1 fully saturated rings. The van der Waals surface area contributed by atoms with Gasteiger partial charge in [0, 0.05) is 37.4 Å². The second kappa shape index (κ2) is 13.0. The second-order valence-corrected chi connectivity index (χ2v) is 17.6. The van der Waals surface area contributed by atoms with Crippen LogP contribution >= 0.6 is 11.6 Å². The van der Waals surface area contributed by atoms with Gasteiger partial charge in [-0.05, 0) is 57.4 Å². The van der Waals surface area contributed by atoms with Crippen LogP contribution in [0.3, 0.4) is 0 Å². The highest BCUT2D eigenvalue weighted by Crippen LogP contribution is 2.54. The third kappa shape index (κ3) is 6.36. The van der Waals surface area contributed by atoms with Crippen LogP contribution < -0.4 is 15.0 Å². The first-order valence-electron chi connectivity index (χ1n) is 13.7. The summed E-state index contributed by atoms with van der Waals surface area (Å²) in [5.41, 5.74) is 0.452. The van der Waals surface area contributed by atoms with Crippen LogP contribution in [0.25, 0.3) is 0 Å². The van der Waals surface area contributed by atoms with E-state index in [0.717, 1.165) is 6.07 Å². The van der Waals surface area contributed by atoms with Gasteiger partial charge in [0.15, 0.2) is 11.6 Å². The molecule has 2 aromatic carbocycles. The van der Waals surface area contributed by atoms with E-state index in [2.05, 4.69) is 31.9 Å². The number of nitrogens with one attached hydrogen (secondary N) is 1. The van der Waals surface area contributed by atoms with Crippen molar-refractivity contribution >= 4 is 37.2 Å². The Hall–Kier alpha value is -2.49.